The molecule has 0 radical (unpaired) electrons. The van der Waals surface area contributed by atoms with Gasteiger partial charge in [0.2, 0.25) is 0 Å². The van der Waals surface area contributed by atoms with E-state index in [0.29, 0.717) is 23.9 Å². The first-order valence-electron chi connectivity index (χ1n) is 16.8. The molecular formula is C33H66O4Si4. The molecular weight excluding hydrogens is 573 g/mol. The van der Waals surface area contributed by atoms with E-state index in [1.54, 1.807) is 5.57 Å². The molecule has 0 aliphatic heterocycles. The van der Waals surface area contributed by atoms with Crippen LogP contribution in [0.15, 0.2) is 11.6 Å². The summed E-state index contributed by atoms with van der Waals surface area (Å²) in [5, 5.41) is 0. The predicted octanol–water partition coefficient (Wildman–Crippen LogP) is 9.83. The smallest absolute Gasteiger partial charge is 0.184 e. The van der Waals surface area contributed by atoms with Crippen molar-refractivity contribution in [1.82, 2.24) is 0 Å². The van der Waals surface area contributed by atoms with E-state index in [0.717, 1.165) is 19.3 Å². The zero-order valence-electron chi connectivity index (χ0n) is 29.6. The van der Waals surface area contributed by atoms with E-state index in [-0.39, 0.29) is 28.6 Å². The van der Waals surface area contributed by atoms with Gasteiger partial charge in [-0.15, -0.1) is 0 Å². The average molecular weight is 639 g/mol. The molecule has 238 valence electrons. The van der Waals surface area contributed by atoms with Crippen molar-refractivity contribution in [2.75, 3.05) is 0 Å². The van der Waals surface area contributed by atoms with Crippen molar-refractivity contribution in [3.8, 4) is 0 Å². The van der Waals surface area contributed by atoms with Crippen LogP contribution in [0.3, 0.4) is 0 Å². The van der Waals surface area contributed by atoms with Gasteiger partial charge in [0.25, 0.3) is 0 Å². The highest BCUT2D eigenvalue weighted by atomic mass is 28.4. The number of hydrogen-bond donors (Lipinski definition) is 0. The molecule has 0 aromatic heterocycles. The second-order valence-electron chi connectivity index (χ2n) is 18.7. The van der Waals surface area contributed by atoms with Crippen molar-refractivity contribution >= 4 is 33.3 Å². The Hall–Kier alpha value is 0.448. The van der Waals surface area contributed by atoms with Crippen LogP contribution in [0.2, 0.25) is 78.6 Å². The van der Waals surface area contributed by atoms with Gasteiger partial charge in [-0.1, -0.05) is 25.5 Å². The summed E-state index contributed by atoms with van der Waals surface area (Å²) in [7, 11) is -6.96. The van der Waals surface area contributed by atoms with Crippen molar-refractivity contribution in [2.24, 2.45) is 28.6 Å². The Kier molecular flexibility index (Phi) is 9.26. The molecule has 0 saturated heterocycles. The van der Waals surface area contributed by atoms with Crippen molar-refractivity contribution in [3.63, 3.8) is 0 Å². The summed E-state index contributed by atoms with van der Waals surface area (Å²) in [5.74, 6) is 1.86. The summed E-state index contributed by atoms with van der Waals surface area (Å²) < 4.78 is 28.5. The average Bonchev–Trinajstić information content (AvgIpc) is 3.02. The highest BCUT2D eigenvalue weighted by molar-refractivity contribution is 6.71. The summed E-state index contributed by atoms with van der Waals surface area (Å²) in [6.07, 6.45) is 11.6. The summed E-state index contributed by atoms with van der Waals surface area (Å²) >= 11 is 0. The molecule has 3 fully saturated rings. The molecule has 3 saturated carbocycles. The molecule has 0 bridgehead atoms. The summed E-state index contributed by atoms with van der Waals surface area (Å²) in [4.78, 5) is 0. The standard InChI is InChI=1S/C33H66O4Si4/c1-24(34-38(4,5)6)33(37-41(13,14)15)21-19-28-27-17-16-25-22-26(35-39(7,8)9)18-20-31(25,2)30(27)29(23-32(28,33)3)36-40(10,11)12/h16,24,26-30H,17-23H2,1-15H3/t24-,26+,27+,28+,29+,30-,31+,32+,33+/m1/s1. The van der Waals surface area contributed by atoms with Crippen molar-refractivity contribution in [1.29, 1.82) is 0 Å². The maximum Gasteiger partial charge on any atom is 0.184 e. The molecule has 0 spiro atoms. The monoisotopic (exact) mass is 638 g/mol. The van der Waals surface area contributed by atoms with Crippen LogP contribution < -0.4 is 0 Å². The third kappa shape index (κ3) is 7.00. The largest absolute Gasteiger partial charge is 0.414 e. The van der Waals surface area contributed by atoms with Crippen LogP contribution >= 0.6 is 0 Å². The Labute approximate surface area is 258 Å². The lowest BCUT2D eigenvalue weighted by Crippen LogP contribution is -2.66. The van der Waals surface area contributed by atoms with Gasteiger partial charge in [0.15, 0.2) is 33.3 Å². The second kappa shape index (κ2) is 11.1. The fourth-order valence-corrected chi connectivity index (χ4v) is 15.2. The number of fused-ring (bicyclic) bond motifs is 5. The first-order chi connectivity index (χ1) is 18.4. The quantitative estimate of drug-likeness (QED) is 0.186. The van der Waals surface area contributed by atoms with Gasteiger partial charge in [-0.05, 0) is 154 Å². The minimum Gasteiger partial charge on any atom is -0.414 e. The second-order valence-corrected chi connectivity index (χ2v) is 36.5. The summed E-state index contributed by atoms with van der Waals surface area (Å²) in [5.41, 5.74) is 1.68. The maximum atomic E-state index is 7.48. The molecule has 4 aliphatic carbocycles. The zero-order chi connectivity index (χ0) is 31.0. The molecule has 9 atom stereocenters. The van der Waals surface area contributed by atoms with Crippen LogP contribution in [0.25, 0.3) is 0 Å². The third-order valence-corrected chi connectivity index (χ3v) is 14.9. The Bertz CT molecular complexity index is 989. The topological polar surface area (TPSA) is 36.9 Å². The first-order valence-corrected chi connectivity index (χ1v) is 30.5. The van der Waals surface area contributed by atoms with Crippen LogP contribution in [0.4, 0.5) is 0 Å². The molecule has 41 heavy (non-hydrogen) atoms. The van der Waals surface area contributed by atoms with E-state index in [9.17, 15) is 0 Å². The molecule has 4 aliphatic rings. The number of rotatable bonds is 9. The van der Waals surface area contributed by atoms with Crippen LogP contribution in [0.1, 0.15) is 65.7 Å². The molecule has 0 aromatic carbocycles. The van der Waals surface area contributed by atoms with Crippen molar-refractivity contribution in [2.45, 2.75) is 168 Å². The molecule has 0 amide bonds. The molecule has 0 heterocycles. The molecule has 0 aromatic rings. The summed E-state index contributed by atoms with van der Waals surface area (Å²) in [6.45, 7) is 35.9. The van der Waals surface area contributed by atoms with Gasteiger partial charge >= 0.3 is 0 Å². The van der Waals surface area contributed by atoms with Crippen LogP contribution in [-0.2, 0) is 17.7 Å². The van der Waals surface area contributed by atoms with E-state index in [1.807, 2.05) is 0 Å². The minimum atomic E-state index is -1.86. The van der Waals surface area contributed by atoms with Crippen LogP contribution in [0.5, 0.6) is 0 Å². The number of allylic oxidation sites excluding steroid dienone is 1. The van der Waals surface area contributed by atoms with Crippen molar-refractivity contribution in [3.05, 3.63) is 11.6 Å². The Morgan fingerprint density at radius 3 is 1.93 bits per heavy atom. The van der Waals surface area contributed by atoms with E-state index < -0.39 is 33.3 Å². The lowest BCUT2D eigenvalue weighted by molar-refractivity contribution is -0.183. The maximum absolute atomic E-state index is 7.48. The molecule has 8 heteroatoms. The molecule has 0 unspecified atom stereocenters. The highest BCUT2D eigenvalue weighted by Crippen LogP contribution is 2.69. The van der Waals surface area contributed by atoms with E-state index >= 15 is 0 Å². The predicted molar refractivity (Wildman–Crippen MR) is 185 cm³/mol. The van der Waals surface area contributed by atoms with Gasteiger partial charge in [-0.3, -0.25) is 0 Å². The SMILES string of the molecule is C[C@@H](O[Si](C)(C)C)[C@@]1(O[Si](C)(C)C)CC[C@H]2[C@@H]3CC=C4C[C@@H](O[Si](C)(C)C)CC[C@]4(C)[C@H]3[C@@H](O[Si](C)(C)C)C[C@@]21C. The Morgan fingerprint density at radius 1 is 0.780 bits per heavy atom. The van der Waals surface area contributed by atoms with E-state index in [1.165, 1.54) is 25.7 Å². The minimum absolute atomic E-state index is 0.0394. The van der Waals surface area contributed by atoms with Crippen molar-refractivity contribution < 1.29 is 17.7 Å². The lowest BCUT2D eigenvalue weighted by Gasteiger charge is -2.64. The van der Waals surface area contributed by atoms with Gasteiger partial charge in [0.05, 0.1) is 11.7 Å². The molecule has 4 rings (SSSR count). The van der Waals surface area contributed by atoms with Crippen LogP contribution in [-0.4, -0.2) is 57.2 Å². The Morgan fingerprint density at radius 2 is 1.39 bits per heavy atom. The van der Waals surface area contributed by atoms with Gasteiger partial charge in [-0.2, -0.15) is 0 Å². The number of hydrogen-bond acceptors (Lipinski definition) is 4. The lowest BCUT2D eigenvalue weighted by atomic mass is 9.46. The van der Waals surface area contributed by atoms with Gasteiger partial charge < -0.3 is 17.7 Å². The summed E-state index contributed by atoms with van der Waals surface area (Å²) in [6, 6.07) is 0. The zero-order valence-corrected chi connectivity index (χ0v) is 33.6. The Balaban J connectivity index is 1.78. The first kappa shape index (κ1) is 34.3. The van der Waals surface area contributed by atoms with E-state index in [4.69, 9.17) is 17.7 Å². The normalized spacial score (nSPS) is 40.9. The molecule has 4 nitrogen and oxygen atoms in total. The van der Waals surface area contributed by atoms with Gasteiger partial charge in [-0.25, -0.2) is 0 Å². The van der Waals surface area contributed by atoms with Gasteiger partial charge in [0, 0.05) is 17.6 Å². The molecule has 0 N–H and O–H groups in total. The van der Waals surface area contributed by atoms with E-state index in [2.05, 4.69) is 105 Å². The third-order valence-electron chi connectivity index (χ3n) is 10.9. The highest BCUT2D eigenvalue weighted by Gasteiger charge is 2.69. The van der Waals surface area contributed by atoms with Gasteiger partial charge in [0.1, 0.15) is 0 Å². The fraction of sp³-hybridized carbons (Fsp3) is 0.939. The van der Waals surface area contributed by atoms with Crippen LogP contribution in [0, 0.1) is 28.6 Å². The fourth-order valence-electron chi connectivity index (χ4n) is 10.0.